The summed E-state index contributed by atoms with van der Waals surface area (Å²) in [5.74, 6) is -0.658. The van der Waals surface area contributed by atoms with Crippen LogP contribution in [0.3, 0.4) is 0 Å². The van der Waals surface area contributed by atoms with Crippen LogP contribution >= 0.6 is 15.9 Å². The highest BCUT2D eigenvalue weighted by Crippen LogP contribution is 2.18. The van der Waals surface area contributed by atoms with E-state index in [1.807, 2.05) is 12.1 Å². The van der Waals surface area contributed by atoms with Crippen molar-refractivity contribution in [3.8, 4) is 0 Å². The van der Waals surface area contributed by atoms with Crippen molar-refractivity contribution >= 4 is 33.4 Å². The summed E-state index contributed by atoms with van der Waals surface area (Å²) < 4.78 is 5.92. The first-order valence-electron chi connectivity index (χ1n) is 6.40. The van der Waals surface area contributed by atoms with Crippen LogP contribution in [0.25, 0.3) is 0 Å². The number of ketones is 1. The van der Waals surface area contributed by atoms with Gasteiger partial charge in [-0.3, -0.25) is 4.79 Å². The lowest BCUT2D eigenvalue weighted by molar-refractivity contribution is -0.143. The summed E-state index contributed by atoms with van der Waals surface area (Å²) in [6, 6.07) is 6.44. The fourth-order valence-electron chi connectivity index (χ4n) is 1.61. The number of rotatable bonds is 7. The van der Waals surface area contributed by atoms with Gasteiger partial charge in [-0.15, -0.1) is 0 Å². The zero-order chi connectivity index (χ0) is 15.1. The predicted octanol–water partition coefficient (Wildman–Crippen LogP) is 3.33. The average Bonchev–Trinajstić information content (AvgIpc) is 2.45. The Bertz CT molecular complexity index is 496. The maximum absolute atomic E-state index is 12.0. The smallest absolute Gasteiger partial charge is 0.333 e. The minimum atomic E-state index is -0.858. The first-order chi connectivity index (χ1) is 9.49. The molecule has 1 atom stereocenters. The second-order valence-electron chi connectivity index (χ2n) is 4.14. The van der Waals surface area contributed by atoms with Crippen LogP contribution in [0.15, 0.2) is 40.9 Å². The van der Waals surface area contributed by atoms with Crippen molar-refractivity contribution < 1.29 is 14.3 Å². The highest BCUT2D eigenvalue weighted by molar-refractivity contribution is 9.10. The lowest BCUT2D eigenvalue weighted by Crippen LogP contribution is -2.35. The molecule has 4 nitrogen and oxygen atoms in total. The second-order valence-corrected chi connectivity index (χ2v) is 5.05. The van der Waals surface area contributed by atoms with Crippen molar-refractivity contribution in [1.29, 1.82) is 0 Å². The van der Waals surface area contributed by atoms with Crippen LogP contribution in [0.2, 0.25) is 0 Å². The molecule has 0 saturated carbocycles. The molecule has 0 aliphatic carbocycles. The molecule has 20 heavy (non-hydrogen) atoms. The molecule has 0 aliphatic heterocycles. The van der Waals surface area contributed by atoms with Gasteiger partial charge in [-0.1, -0.05) is 29.4 Å². The van der Waals surface area contributed by atoms with Gasteiger partial charge >= 0.3 is 5.97 Å². The molecule has 0 bridgehead atoms. The van der Waals surface area contributed by atoms with Crippen molar-refractivity contribution in [3.05, 3.63) is 40.9 Å². The number of anilines is 1. The van der Waals surface area contributed by atoms with E-state index in [0.717, 1.165) is 10.2 Å². The third-order valence-corrected chi connectivity index (χ3v) is 3.23. The molecule has 0 amide bonds. The van der Waals surface area contributed by atoms with Gasteiger partial charge in [-0.25, -0.2) is 4.79 Å². The van der Waals surface area contributed by atoms with Gasteiger partial charge in [0.25, 0.3) is 0 Å². The lowest BCUT2D eigenvalue weighted by atomic mass is 10.0. The van der Waals surface area contributed by atoms with Crippen molar-refractivity contribution in [2.45, 2.75) is 26.3 Å². The maximum atomic E-state index is 12.0. The third-order valence-electron chi connectivity index (χ3n) is 2.71. The van der Waals surface area contributed by atoms with E-state index >= 15 is 0 Å². The number of nitrogens with one attached hydrogen (secondary N) is 1. The number of halogens is 1. The van der Waals surface area contributed by atoms with E-state index in [9.17, 15) is 9.59 Å². The molecule has 0 aromatic heterocycles. The van der Waals surface area contributed by atoms with Gasteiger partial charge in [0.2, 0.25) is 0 Å². The van der Waals surface area contributed by atoms with E-state index in [1.165, 1.54) is 0 Å². The summed E-state index contributed by atoms with van der Waals surface area (Å²) in [6.07, 6.45) is 0.302. The Morgan fingerprint density at radius 3 is 2.40 bits per heavy atom. The Morgan fingerprint density at radius 1 is 1.30 bits per heavy atom. The monoisotopic (exact) mass is 339 g/mol. The SMILES string of the molecule is C=C(C(=O)CC)C(Nc1ccc(Br)cc1)C(=O)OCC. The fraction of sp³-hybridized carbons (Fsp3) is 0.333. The highest BCUT2D eigenvalue weighted by Gasteiger charge is 2.26. The minimum absolute atomic E-state index is 0.160. The summed E-state index contributed by atoms with van der Waals surface area (Å²) in [7, 11) is 0. The first kappa shape index (κ1) is 16.4. The van der Waals surface area contributed by atoms with Crippen LogP contribution in [-0.4, -0.2) is 24.4 Å². The number of hydrogen-bond acceptors (Lipinski definition) is 4. The summed E-state index contributed by atoms with van der Waals surface area (Å²) in [5, 5.41) is 2.99. The Morgan fingerprint density at radius 2 is 1.90 bits per heavy atom. The van der Waals surface area contributed by atoms with Gasteiger partial charge in [0, 0.05) is 22.2 Å². The molecule has 1 N–H and O–H groups in total. The van der Waals surface area contributed by atoms with E-state index in [-0.39, 0.29) is 18.0 Å². The van der Waals surface area contributed by atoms with Crippen LogP contribution in [-0.2, 0) is 14.3 Å². The molecule has 0 aliphatic rings. The first-order valence-corrected chi connectivity index (χ1v) is 7.19. The number of ether oxygens (including phenoxy) is 1. The van der Waals surface area contributed by atoms with Crippen molar-refractivity contribution in [3.63, 3.8) is 0 Å². The molecule has 1 rings (SSSR count). The topological polar surface area (TPSA) is 55.4 Å². The van der Waals surface area contributed by atoms with Gasteiger partial charge in [0.1, 0.15) is 0 Å². The zero-order valence-corrected chi connectivity index (χ0v) is 13.2. The second kappa shape index (κ2) is 7.85. The molecular formula is C15H18BrNO3. The normalized spacial score (nSPS) is 11.6. The largest absolute Gasteiger partial charge is 0.464 e. The number of Topliss-reactive ketones (excluding diaryl/α,β-unsaturated/α-hetero) is 1. The molecule has 0 radical (unpaired) electrons. The Labute approximate surface area is 127 Å². The molecule has 1 aromatic carbocycles. The van der Waals surface area contributed by atoms with Gasteiger partial charge in [-0.05, 0) is 31.2 Å². The van der Waals surface area contributed by atoms with E-state index in [4.69, 9.17) is 4.74 Å². The van der Waals surface area contributed by atoms with Crippen LogP contribution in [0.1, 0.15) is 20.3 Å². The molecule has 0 saturated heterocycles. The van der Waals surface area contributed by atoms with Crippen LogP contribution in [0.4, 0.5) is 5.69 Å². The molecular weight excluding hydrogens is 322 g/mol. The maximum Gasteiger partial charge on any atom is 0.333 e. The van der Waals surface area contributed by atoms with Crippen LogP contribution in [0.5, 0.6) is 0 Å². The number of carbonyl (C=O) groups excluding carboxylic acids is 2. The Balaban J connectivity index is 2.92. The quantitative estimate of drug-likeness (QED) is 0.611. The summed E-state index contributed by atoms with van der Waals surface area (Å²) in [4.78, 5) is 23.7. The highest BCUT2D eigenvalue weighted by atomic mass is 79.9. The standard InChI is InChI=1S/C15H18BrNO3/c1-4-13(18)10(3)14(15(19)20-5-2)17-12-8-6-11(16)7-9-12/h6-9,14,17H,3-5H2,1-2H3. The average molecular weight is 340 g/mol. The van der Waals surface area contributed by atoms with Gasteiger partial charge < -0.3 is 10.1 Å². The molecule has 1 unspecified atom stereocenters. The summed E-state index contributed by atoms with van der Waals surface area (Å²) in [5.41, 5.74) is 0.935. The van der Waals surface area contributed by atoms with E-state index in [1.54, 1.807) is 26.0 Å². The Hall–Kier alpha value is -1.62. The number of carbonyl (C=O) groups is 2. The Kier molecular flexibility index (Phi) is 6.45. The lowest BCUT2D eigenvalue weighted by Gasteiger charge is -2.19. The number of esters is 1. The summed E-state index contributed by atoms with van der Waals surface area (Å²) in [6.45, 7) is 7.43. The molecule has 5 heteroatoms. The number of hydrogen-bond donors (Lipinski definition) is 1. The van der Waals surface area contributed by atoms with E-state index in [0.29, 0.717) is 6.42 Å². The van der Waals surface area contributed by atoms with Crippen molar-refractivity contribution in [1.82, 2.24) is 0 Å². The predicted molar refractivity (Wildman–Crippen MR) is 82.6 cm³/mol. The molecule has 0 fully saturated rings. The minimum Gasteiger partial charge on any atom is -0.464 e. The molecule has 0 heterocycles. The number of benzene rings is 1. The van der Waals surface area contributed by atoms with Gasteiger partial charge in [-0.2, -0.15) is 0 Å². The van der Waals surface area contributed by atoms with E-state index in [2.05, 4.69) is 27.8 Å². The van der Waals surface area contributed by atoms with Crippen molar-refractivity contribution in [2.75, 3.05) is 11.9 Å². The van der Waals surface area contributed by atoms with Crippen LogP contribution in [0, 0.1) is 0 Å². The van der Waals surface area contributed by atoms with Gasteiger partial charge in [0.15, 0.2) is 11.8 Å². The summed E-state index contributed by atoms with van der Waals surface area (Å²) >= 11 is 3.34. The zero-order valence-electron chi connectivity index (χ0n) is 11.6. The van der Waals surface area contributed by atoms with Gasteiger partial charge in [0.05, 0.1) is 6.61 Å². The molecule has 1 aromatic rings. The van der Waals surface area contributed by atoms with E-state index < -0.39 is 12.0 Å². The fourth-order valence-corrected chi connectivity index (χ4v) is 1.88. The molecule has 0 spiro atoms. The van der Waals surface area contributed by atoms with Crippen molar-refractivity contribution in [2.24, 2.45) is 0 Å². The third kappa shape index (κ3) is 4.49. The van der Waals surface area contributed by atoms with Crippen LogP contribution < -0.4 is 5.32 Å². The molecule has 108 valence electrons.